The normalized spacial score (nSPS) is 34.8. The van der Waals surface area contributed by atoms with E-state index in [1.54, 1.807) is 0 Å². The topological polar surface area (TPSA) is 55.1 Å². The van der Waals surface area contributed by atoms with Gasteiger partial charge >= 0.3 is 0 Å². The number of nitrogens with one attached hydrogen (secondary N) is 1. The third kappa shape index (κ3) is 2.92. The summed E-state index contributed by atoms with van der Waals surface area (Å²) in [4.78, 5) is 12.2. The van der Waals surface area contributed by atoms with Crippen molar-refractivity contribution in [2.24, 2.45) is 23.2 Å². The lowest BCUT2D eigenvalue weighted by atomic mass is 9.49. The van der Waals surface area contributed by atoms with E-state index >= 15 is 0 Å². The number of aromatic nitrogens is 1. The summed E-state index contributed by atoms with van der Waals surface area (Å²) in [5.41, 5.74) is 2.32. The molecule has 1 heterocycles. The fourth-order valence-corrected chi connectivity index (χ4v) is 6.04. The molecule has 5 rings (SSSR count). The molecular weight excluding hydrogens is 288 g/mol. The van der Waals surface area contributed by atoms with Gasteiger partial charge in [0.05, 0.1) is 12.1 Å². The number of hydrogen-bond donors (Lipinski definition) is 1. The zero-order valence-corrected chi connectivity index (χ0v) is 14.4. The molecule has 0 atom stereocenters. The van der Waals surface area contributed by atoms with Crippen LogP contribution in [0.1, 0.15) is 62.0 Å². The van der Waals surface area contributed by atoms with E-state index < -0.39 is 0 Å². The summed E-state index contributed by atoms with van der Waals surface area (Å²) >= 11 is 0. The summed E-state index contributed by atoms with van der Waals surface area (Å²) in [5.74, 6) is 3.82. The summed E-state index contributed by atoms with van der Waals surface area (Å²) < 4.78 is 5.14. The van der Waals surface area contributed by atoms with Crippen molar-refractivity contribution in [2.45, 2.75) is 65.2 Å². The maximum absolute atomic E-state index is 12.2. The second kappa shape index (κ2) is 5.64. The molecule has 4 aliphatic carbocycles. The standard InChI is InChI=1S/C19H28N2O2/c1-12-17(13(2)23-21-12)8-18(22)20-4-3-19-9-14-5-15(10-19)7-16(6-14)11-19/h14-16H,3-11H2,1-2H3,(H,20,22). The van der Waals surface area contributed by atoms with Crippen LogP contribution in [0.3, 0.4) is 0 Å². The van der Waals surface area contributed by atoms with E-state index in [9.17, 15) is 4.79 Å². The Morgan fingerprint density at radius 3 is 2.30 bits per heavy atom. The van der Waals surface area contributed by atoms with Gasteiger partial charge in [0, 0.05) is 12.1 Å². The Morgan fingerprint density at radius 2 is 1.78 bits per heavy atom. The molecule has 4 bridgehead atoms. The predicted molar refractivity (Wildman–Crippen MR) is 87.9 cm³/mol. The Balaban J connectivity index is 1.29. The molecule has 4 heteroatoms. The van der Waals surface area contributed by atoms with Crippen molar-refractivity contribution >= 4 is 5.91 Å². The number of hydrogen-bond acceptors (Lipinski definition) is 3. The van der Waals surface area contributed by atoms with E-state index in [1.807, 2.05) is 13.8 Å². The van der Waals surface area contributed by atoms with Crippen molar-refractivity contribution in [3.63, 3.8) is 0 Å². The lowest BCUT2D eigenvalue weighted by Gasteiger charge is -2.57. The summed E-state index contributed by atoms with van der Waals surface area (Å²) in [6.07, 6.45) is 10.3. The minimum absolute atomic E-state index is 0.101. The van der Waals surface area contributed by atoms with Crippen LogP contribution in [-0.2, 0) is 11.2 Å². The maximum atomic E-state index is 12.2. The van der Waals surface area contributed by atoms with E-state index in [0.717, 1.165) is 41.3 Å². The summed E-state index contributed by atoms with van der Waals surface area (Å²) in [5, 5.41) is 7.06. The molecule has 4 saturated carbocycles. The van der Waals surface area contributed by atoms with Gasteiger partial charge in [0.2, 0.25) is 5.91 Å². The van der Waals surface area contributed by atoms with Crippen molar-refractivity contribution in [2.75, 3.05) is 6.54 Å². The fraction of sp³-hybridized carbons (Fsp3) is 0.789. The van der Waals surface area contributed by atoms with Crippen molar-refractivity contribution in [3.05, 3.63) is 17.0 Å². The van der Waals surface area contributed by atoms with Gasteiger partial charge in [0.25, 0.3) is 0 Å². The van der Waals surface area contributed by atoms with Crippen LogP contribution in [0.4, 0.5) is 0 Å². The highest BCUT2D eigenvalue weighted by molar-refractivity contribution is 5.78. The number of amides is 1. The van der Waals surface area contributed by atoms with E-state index in [4.69, 9.17) is 4.52 Å². The highest BCUT2D eigenvalue weighted by Crippen LogP contribution is 2.61. The van der Waals surface area contributed by atoms with Gasteiger partial charge in [-0.2, -0.15) is 0 Å². The molecule has 0 unspecified atom stereocenters. The van der Waals surface area contributed by atoms with Crippen LogP contribution < -0.4 is 5.32 Å². The minimum atomic E-state index is 0.101. The molecule has 1 aromatic heterocycles. The van der Waals surface area contributed by atoms with Gasteiger partial charge in [-0.15, -0.1) is 0 Å². The predicted octanol–water partition coefficient (Wildman–Crippen LogP) is 3.56. The molecule has 4 nitrogen and oxygen atoms in total. The van der Waals surface area contributed by atoms with Crippen LogP contribution in [0.15, 0.2) is 4.52 Å². The summed E-state index contributed by atoms with van der Waals surface area (Å²) in [6, 6.07) is 0. The van der Waals surface area contributed by atoms with E-state index in [0.29, 0.717) is 11.8 Å². The highest BCUT2D eigenvalue weighted by atomic mass is 16.5. The first-order chi connectivity index (χ1) is 11.0. The number of nitrogens with zero attached hydrogens (tertiary/aromatic N) is 1. The van der Waals surface area contributed by atoms with Gasteiger partial charge in [0.15, 0.2) is 0 Å². The Hall–Kier alpha value is -1.32. The van der Waals surface area contributed by atoms with Crippen LogP contribution >= 0.6 is 0 Å². The third-order valence-electron chi connectivity index (χ3n) is 6.66. The van der Waals surface area contributed by atoms with Crippen molar-refractivity contribution in [1.82, 2.24) is 10.5 Å². The Labute approximate surface area is 138 Å². The molecule has 0 aromatic carbocycles. The molecule has 4 fully saturated rings. The molecule has 1 aromatic rings. The molecule has 0 saturated heterocycles. The van der Waals surface area contributed by atoms with Crippen molar-refractivity contribution in [3.8, 4) is 0 Å². The second-order valence-corrected chi connectivity index (χ2v) is 8.50. The first kappa shape index (κ1) is 15.2. The monoisotopic (exact) mass is 316 g/mol. The van der Waals surface area contributed by atoms with Gasteiger partial charge in [-0.25, -0.2) is 0 Å². The van der Waals surface area contributed by atoms with Gasteiger partial charge in [-0.3, -0.25) is 4.79 Å². The Bertz CT molecular complexity index is 550. The molecule has 1 N–H and O–H groups in total. The molecule has 0 spiro atoms. The molecule has 0 aliphatic heterocycles. The van der Waals surface area contributed by atoms with Crippen LogP contribution in [0.2, 0.25) is 0 Å². The SMILES string of the molecule is Cc1noc(C)c1CC(=O)NCCC12CC3CC(CC(C3)C1)C2. The van der Waals surface area contributed by atoms with Gasteiger partial charge in [0.1, 0.15) is 5.76 Å². The largest absolute Gasteiger partial charge is 0.361 e. The minimum Gasteiger partial charge on any atom is -0.361 e. The first-order valence-corrected chi connectivity index (χ1v) is 9.21. The van der Waals surface area contributed by atoms with Crippen molar-refractivity contribution in [1.29, 1.82) is 0 Å². The quantitative estimate of drug-likeness (QED) is 0.903. The number of carbonyl (C=O) groups is 1. The lowest BCUT2D eigenvalue weighted by molar-refractivity contribution is -0.120. The van der Waals surface area contributed by atoms with E-state index in [2.05, 4.69) is 10.5 Å². The molecular formula is C19H28N2O2. The Morgan fingerprint density at radius 1 is 1.17 bits per heavy atom. The summed E-state index contributed by atoms with van der Waals surface area (Å²) in [6.45, 7) is 4.60. The number of carbonyl (C=O) groups excluding carboxylic acids is 1. The summed E-state index contributed by atoms with van der Waals surface area (Å²) in [7, 11) is 0. The van der Waals surface area contributed by atoms with E-state index in [-0.39, 0.29) is 5.91 Å². The zero-order chi connectivity index (χ0) is 16.0. The van der Waals surface area contributed by atoms with Crippen LogP contribution in [0.25, 0.3) is 0 Å². The Kier molecular flexibility index (Phi) is 3.73. The van der Waals surface area contributed by atoms with Crippen LogP contribution in [-0.4, -0.2) is 17.6 Å². The van der Waals surface area contributed by atoms with Gasteiger partial charge in [-0.05, 0) is 82.0 Å². The smallest absolute Gasteiger partial charge is 0.224 e. The highest BCUT2D eigenvalue weighted by Gasteiger charge is 2.50. The molecule has 0 radical (unpaired) electrons. The first-order valence-electron chi connectivity index (χ1n) is 9.21. The number of aryl methyl sites for hydroxylation is 2. The van der Waals surface area contributed by atoms with E-state index in [1.165, 1.54) is 44.9 Å². The van der Waals surface area contributed by atoms with Gasteiger partial charge < -0.3 is 9.84 Å². The fourth-order valence-electron chi connectivity index (χ4n) is 6.04. The van der Waals surface area contributed by atoms with Gasteiger partial charge in [-0.1, -0.05) is 5.16 Å². The second-order valence-electron chi connectivity index (χ2n) is 8.50. The average molecular weight is 316 g/mol. The molecule has 126 valence electrons. The lowest BCUT2D eigenvalue weighted by Crippen LogP contribution is -2.47. The number of rotatable bonds is 5. The third-order valence-corrected chi connectivity index (χ3v) is 6.66. The van der Waals surface area contributed by atoms with Crippen molar-refractivity contribution < 1.29 is 9.32 Å². The molecule has 4 aliphatic rings. The van der Waals surface area contributed by atoms with Crippen LogP contribution in [0, 0.1) is 37.0 Å². The van der Waals surface area contributed by atoms with Crippen LogP contribution in [0.5, 0.6) is 0 Å². The average Bonchev–Trinajstić information content (AvgIpc) is 2.77. The maximum Gasteiger partial charge on any atom is 0.224 e. The molecule has 1 amide bonds. The molecule has 23 heavy (non-hydrogen) atoms. The zero-order valence-electron chi connectivity index (χ0n) is 14.4.